The topological polar surface area (TPSA) is 72.6 Å². The second-order valence-corrected chi connectivity index (χ2v) is 5.21. The first-order valence-electron chi connectivity index (χ1n) is 7.00. The fourth-order valence-electron chi connectivity index (χ4n) is 2.41. The average molecular weight is 338 g/mol. The summed E-state index contributed by atoms with van der Waals surface area (Å²) in [7, 11) is 2.39. The standard InChI is InChI=1S/C16H16F2N2O4/c1-8-13(9(2)24-19-8)15(21)20(3)14(16(22)23-4)11-7-10(17)5-6-12(11)18/h5-7,14H,1-4H3. The molecule has 0 radical (unpaired) electrons. The van der Waals surface area contributed by atoms with Gasteiger partial charge in [0, 0.05) is 12.6 Å². The van der Waals surface area contributed by atoms with Crippen molar-refractivity contribution in [1.29, 1.82) is 0 Å². The highest BCUT2D eigenvalue weighted by molar-refractivity contribution is 5.98. The maximum atomic E-state index is 14.1. The van der Waals surface area contributed by atoms with E-state index in [1.807, 2.05) is 0 Å². The van der Waals surface area contributed by atoms with E-state index in [-0.39, 0.29) is 16.9 Å². The lowest BCUT2D eigenvalue weighted by Crippen LogP contribution is -2.37. The summed E-state index contributed by atoms with van der Waals surface area (Å²) in [5.74, 6) is -2.83. The molecule has 1 aromatic carbocycles. The van der Waals surface area contributed by atoms with Crippen LogP contribution in [0.2, 0.25) is 0 Å². The Hall–Kier alpha value is -2.77. The number of halogens is 2. The Kier molecular flexibility index (Phi) is 4.96. The van der Waals surface area contributed by atoms with Crippen molar-refractivity contribution in [3.8, 4) is 0 Å². The van der Waals surface area contributed by atoms with E-state index in [2.05, 4.69) is 9.89 Å². The van der Waals surface area contributed by atoms with Gasteiger partial charge in [0.15, 0.2) is 6.04 Å². The van der Waals surface area contributed by atoms with Crippen LogP contribution in [0.25, 0.3) is 0 Å². The fraction of sp³-hybridized carbons (Fsp3) is 0.312. The normalized spacial score (nSPS) is 11.9. The minimum Gasteiger partial charge on any atom is -0.467 e. The van der Waals surface area contributed by atoms with E-state index in [0.717, 1.165) is 30.2 Å². The van der Waals surface area contributed by atoms with Crippen LogP contribution in [0.1, 0.15) is 33.4 Å². The molecule has 8 heteroatoms. The second kappa shape index (κ2) is 6.77. The number of carbonyl (C=O) groups is 2. The number of hydrogen-bond acceptors (Lipinski definition) is 5. The van der Waals surface area contributed by atoms with Crippen LogP contribution < -0.4 is 0 Å². The molecule has 0 saturated heterocycles. The minimum atomic E-state index is -1.45. The van der Waals surface area contributed by atoms with Crippen LogP contribution in [-0.2, 0) is 9.53 Å². The molecule has 128 valence electrons. The lowest BCUT2D eigenvalue weighted by Gasteiger charge is -2.26. The number of hydrogen-bond donors (Lipinski definition) is 0. The van der Waals surface area contributed by atoms with E-state index in [1.54, 1.807) is 6.92 Å². The van der Waals surface area contributed by atoms with Crippen molar-refractivity contribution in [2.45, 2.75) is 19.9 Å². The molecule has 2 aromatic rings. The SMILES string of the molecule is COC(=O)C(c1cc(F)ccc1F)N(C)C(=O)c1c(C)noc1C. The number of aromatic nitrogens is 1. The van der Waals surface area contributed by atoms with Crippen molar-refractivity contribution in [3.63, 3.8) is 0 Å². The van der Waals surface area contributed by atoms with Crippen LogP contribution >= 0.6 is 0 Å². The zero-order valence-corrected chi connectivity index (χ0v) is 13.6. The number of esters is 1. The molecule has 24 heavy (non-hydrogen) atoms. The summed E-state index contributed by atoms with van der Waals surface area (Å²) in [5, 5.41) is 3.68. The maximum absolute atomic E-state index is 14.1. The molecule has 0 aliphatic heterocycles. The van der Waals surface area contributed by atoms with Crippen molar-refractivity contribution in [2.24, 2.45) is 0 Å². The van der Waals surface area contributed by atoms with E-state index >= 15 is 0 Å². The molecule has 0 aliphatic rings. The van der Waals surface area contributed by atoms with Crippen LogP contribution in [0, 0.1) is 25.5 Å². The summed E-state index contributed by atoms with van der Waals surface area (Å²) in [6, 6.07) is 1.21. The number of nitrogens with zero attached hydrogens (tertiary/aromatic N) is 2. The van der Waals surface area contributed by atoms with Gasteiger partial charge in [-0.05, 0) is 32.0 Å². The summed E-state index contributed by atoms with van der Waals surface area (Å²) < 4.78 is 37.2. The van der Waals surface area contributed by atoms with Crippen LogP contribution in [0.3, 0.4) is 0 Å². The van der Waals surface area contributed by atoms with Crippen LogP contribution in [0.5, 0.6) is 0 Å². The lowest BCUT2D eigenvalue weighted by atomic mass is 10.0. The molecule has 1 aromatic heterocycles. The van der Waals surface area contributed by atoms with Crippen LogP contribution in [0.15, 0.2) is 22.7 Å². The predicted octanol–water partition coefficient (Wildman–Crippen LogP) is 2.56. The number of benzene rings is 1. The highest BCUT2D eigenvalue weighted by atomic mass is 19.1. The molecule has 1 unspecified atom stereocenters. The van der Waals surface area contributed by atoms with Gasteiger partial charge in [0.2, 0.25) is 0 Å². The summed E-state index contributed by atoms with van der Waals surface area (Å²) in [4.78, 5) is 25.8. The Morgan fingerprint density at radius 2 is 1.96 bits per heavy atom. The third kappa shape index (κ3) is 3.12. The molecule has 0 fully saturated rings. The molecule has 1 atom stereocenters. The van der Waals surface area contributed by atoms with E-state index in [4.69, 9.17) is 4.52 Å². The van der Waals surface area contributed by atoms with E-state index in [0.29, 0.717) is 5.69 Å². The summed E-state index contributed by atoms with van der Waals surface area (Å²) in [5.41, 5.74) is 0.181. The summed E-state index contributed by atoms with van der Waals surface area (Å²) >= 11 is 0. The lowest BCUT2D eigenvalue weighted by molar-refractivity contribution is -0.146. The van der Waals surface area contributed by atoms with E-state index < -0.39 is 29.6 Å². The van der Waals surface area contributed by atoms with Gasteiger partial charge in [-0.25, -0.2) is 13.6 Å². The molecule has 0 aliphatic carbocycles. The molecule has 0 bridgehead atoms. The molecule has 1 amide bonds. The van der Waals surface area contributed by atoms with Gasteiger partial charge in [-0.3, -0.25) is 4.79 Å². The number of amides is 1. The smallest absolute Gasteiger partial charge is 0.333 e. The largest absolute Gasteiger partial charge is 0.467 e. The fourth-order valence-corrected chi connectivity index (χ4v) is 2.41. The number of aryl methyl sites for hydroxylation is 2. The van der Waals surface area contributed by atoms with Crippen molar-refractivity contribution in [2.75, 3.05) is 14.2 Å². The number of carbonyl (C=O) groups excluding carboxylic acids is 2. The Labute approximate surface area is 137 Å². The highest BCUT2D eigenvalue weighted by Crippen LogP contribution is 2.27. The van der Waals surface area contributed by atoms with Crippen molar-refractivity contribution < 1.29 is 27.6 Å². The molecule has 0 saturated carbocycles. The average Bonchev–Trinajstić information content (AvgIpc) is 2.88. The molecule has 6 nitrogen and oxygen atoms in total. The van der Waals surface area contributed by atoms with Gasteiger partial charge in [-0.2, -0.15) is 0 Å². The quantitative estimate of drug-likeness (QED) is 0.801. The van der Waals surface area contributed by atoms with Crippen molar-refractivity contribution in [1.82, 2.24) is 10.1 Å². The molecule has 0 N–H and O–H groups in total. The third-order valence-electron chi connectivity index (χ3n) is 3.63. The highest BCUT2D eigenvalue weighted by Gasteiger charge is 2.34. The molecular formula is C16H16F2N2O4. The zero-order chi connectivity index (χ0) is 18.0. The van der Waals surface area contributed by atoms with Crippen LogP contribution in [0.4, 0.5) is 8.78 Å². The molecular weight excluding hydrogens is 322 g/mol. The molecule has 1 heterocycles. The number of ether oxygens (including phenoxy) is 1. The van der Waals surface area contributed by atoms with E-state index in [9.17, 15) is 18.4 Å². The van der Waals surface area contributed by atoms with Crippen molar-refractivity contribution >= 4 is 11.9 Å². The van der Waals surface area contributed by atoms with Crippen molar-refractivity contribution in [3.05, 3.63) is 52.4 Å². The van der Waals surface area contributed by atoms with Gasteiger partial charge >= 0.3 is 5.97 Å². The second-order valence-electron chi connectivity index (χ2n) is 5.21. The maximum Gasteiger partial charge on any atom is 0.333 e. The minimum absolute atomic E-state index is 0.156. The van der Waals surface area contributed by atoms with Gasteiger partial charge < -0.3 is 14.2 Å². The predicted molar refractivity (Wildman–Crippen MR) is 79.2 cm³/mol. The molecule has 0 spiro atoms. The third-order valence-corrected chi connectivity index (χ3v) is 3.63. The first-order chi connectivity index (χ1) is 11.3. The van der Waals surface area contributed by atoms with E-state index in [1.165, 1.54) is 14.0 Å². The van der Waals surface area contributed by atoms with Gasteiger partial charge in [0.1, 0.15) is 23.0 Å². The first-order valence-corrected chi connectivity index (χ1v) is 7.00. The van der Waals surface area contributed by atoms with Gasteiger partial charge in [0.05, 0.1) is 12.8 Å². The first kappa shape index (κ1) is 17.6. The Balaban J connectivity index is 2.50. The van der Waals surface area contributed by atoms with Gasteiger partial charge in [-0.1, -0.05) is 5.16 Å². The zero-order valence-electron chi connectivity index (χ0n) is 13.6. The van der Waals surface area contributed by atoms with Gasteiger partial charge in [0.25, 0.3) is 5.91 Å². The summed E-state index contributed by atoms with van der Waals surface area (Å²) in [6.45, 7) is 3.10. The Bertz CT molecular complexity index is 769. The Morgan fingerprint density at radius 1 is 1.29 bits per heavy atom. The number of likely N-dealkylation sites (N-methyl/N-ethyl adjacent to an activating group) is 1. The summed E-state index contributed by atoms with van der Waals surface area (Å²) in [6.07, 6.45) is 0. The van der Waals surface area contributed by atoms with Crippen LogP contribution in [-0.4, -0.2) is 36.1 Å². The monoisotopic (exact) mass is 338 g/mol. The molecule has 2 rings (SSSR count). The Morgan fingerprint density at radius 3 is 2.50 bits per heavy atom. The number of rotatable bonds is 4. The van der Waals surface area contributed by atoms with Gasteiger partial charge in [-0.15, -0.1) is 0 Å². The number of methoxy groups -OCH3 is 1.